The van der Waals surface area contributed by atoms with Gasteiger partial charge in [-0.15, -0.1) is 0 Å². The van der Waals surface area contributed by atoms with Gasteiger partial charge in [0.25, 0.3) is 0 Å². The molecule has 1 fully saturated rings. The minimum absolute atomic E-state index is 0.448. The van der Waals surface area contributed by atoms with Crippen LogP contribution in [0.4, 0.5) is 0 Å². The molecule has 1 heterocycles. The molecule has 1 aliphatic carbocycles. The van der Waals surface area contributed by atoms with Gasteiger partial charge in [0.05, 0.1) is 6.10 Å². The van der Waals surface area contributed by atoms with E-state index in [-0.39, 0.29) is 0 Å². The lowest BCUT2D eigenvalue weighted by Crippen LogP contribution is -2.48. The van der Waals surface area contributed by atoms with E-state index in [4.69, 9.17) is 9.73 Å². The molecule has 0 aromatic heterocycles. The van der Waals surface area contributed by atoms with Crippen molar-refractivity contribution in [1.29, 1.82) is 0 Å². The molecule has 0 unspecified atom stereocenters. The van der Waals surface area contributed by atoms with Crippen LogP contribution < -0.4 is 5.32 Å². The van der Waals surface area contributed by atoms with Crippen molar-refractivity contribution in [3.8, 4) is 0 Å². The van der Waals surface area contributed by atoms with Crippen LogP contribution in [-0.4, -0.2) is 36.2 Å². The molecular formula is C14H26N2OS. The predicted octanol–water partition coefficient (Wildman–Crippen LogP) is 3.05. The van der Waals surface area contributed by atoms with Crippen LogP contribution in [0.5, 0.6) is 0 Å². The van der Waals surface area contributed by atoms with Gasteiger partial charge in [-0.3, -0.25) is 4.99 Å². The van der Waals surface area contributed by atoms with Crippen LogP contribution >= 0.6 is 11.8 Å². The Morgan fingerprint density at radius 1 is 1.33 bits per heavy atom. The number of nitrogens with zero attached hydrogens (tertiary/aromatic N) is 1. The average molecular weight is 270 g/mol. The first-order valence-electron chi connectivity index (χ1n) is 7.26. The van der Waals surface area contributed by atoms with Crippen molar-refractivity contribution in [2.45, 2.75) is 58.6 Å². The number of hydrogen-bond donors (Lipinski definition) is 1. The summed E-state index contributed by atoms with van der Waals surface area (Å²) in [5, 5.41) is 4.72. The summed E-state index contributed by atoms with van der Waals surface area (Å²) >= 11 is 1.91. The van der Waals surface area contributed by atoms with E-state index in [2.05, 4.69) is 26.1 Å². The van der Waals surface area contributed by atoms with Crippen LogP contribution in [0.1, 0.15) is 46.5 Å². The molecule has 18 heavy (non-hydrogen) atoms. The normalized spacial score (nSPS) is 30.5. The summed E-state index contributed by atoms with van der Waals surface area (Å²) in [6.07, 6.45) is 5.24. The quantitative estimate of drug-likeness (QED) is 0.833. The SMILES string of the molecule is CCOC1CC(NC2=NCC(CC)(CC)CS2)C1. The van der Waals surface area contributed by atoms with Gasteiger partial charge < -0.3 is 10.1 Å². The highest BCUT2D eigenvalue weighted by molar-refractivity contribution is 8.13. The second kappa shape index (κ2) is 6.29. The summed E-state index contributed by atoms with van der Waals surface area (Å²) in [5.74, 6) is 1.22. The summed E-state index contributed by atoms with van der Waals surface area (Å²) < 4.78 is 5.58. The van der Waals surface area contributed by atoms with Crippen LogP contribution in [0.2, 0.25) is 0 Å². The summed E-state index contributed by atoms with van der Waals surface area (Å²) in [5.41, 5.74) is 0.448. The second-order valence-corrected chi connectivity index (χ2v) is 6.47. The molecule has 1 aliphatic heterocycles. The molecule has 3 nitrogen and oxygen atoms in total. The predicted molar refractivity (Wildman–Crippen MR) is 79.3 cm³/mol. The first-order valence-corrected chi connectivity index (χ1v) is 8.25. The van der Waals surface area contributed by atoms with E-state index < -0.39 is 0 Å². The van der Waals surface area contributed by atoms with Crippen molar-refractivity contribution in [1.82, 2.24) is 5.32 Å². The van der Waals surface area contributed by atoms with E-state index in [1.165, 1.54) is 18.6 Å². The van der Waals surface area contributed by atoms with E-state index >= 15 is 0 Å². The first-order chi connectivity index (χ1) is 8.71. The number of rotatable bonds is 5. The minimum atomic E-state index is 0.448. The standard InChI is InChI=1S/C14H26N2OS/c1-4-14(5-2)9-15-13(18-10-14)16-11-7-12(8-11)17-6-3/h11-12H,4-10H2,1-3H3,(H,15,16). The lowest BCUT2D eigenvalue weighted by atomic mass is 9.84. The fourth-order valence-corrected chi connectivity index (χ4v) is 3.90. The Morgan fingerprint density at radius 3 is 2.56 bits per heavy atom. The number of thioether (sulfide) groups is 1. The van der Waals surface area contributed by atoms with Gasteiger partial charge >= 0.3 is 0 Å². The zero-order valence-corrected chi connectivity index (χ0v) is 12.7. The molecule has 0 amide bonds. The summed E-state index contributed by atoms with van der Waals surface area (Å²) in [4.78, 5) is 4.75. The molecule has 0 bridgehead atoms. The van der Waals surface area contributed by atoms with Crippen molar-refractivity contribution in [2.75, 3.05) is 18.9 Å². The molecule has 1 saturated carbocycles. The largest absolute Gasteiger partial charge is 0.378 e. The van der Waals surface area contributed by atoms with Crippen LogP contribution in [0.15, 0.2) is 4.99 Å². The lowest BCUT2D eigenvalue weighted by molar-refractivity contribution is -0.00545. The average Bonchev–Trinajstić information content (AvgIpc) is 2.37. The van der Waals surface area contributed by atoms with Crippen molar-refractivity contribution in [3.63, 3.8) is 0 Å². The Balaban J connectivity index is 1.74. The number of hydrogen-bond acceptors (Lipinski definition) is 4. The maximum absolute atomic E-state index is 5.58. The van der Waals surface area contributed by atoms with Crippen molar-refractivity contribution in [3.05, 3.63) is 0 Å². The monoisotopic (exact) mass is 270 g/mol. The van der Waals surface area contributed by atoms with Gasteiger partial charge in [-0.05, 0) is 38.0 Å². The maximum atomic E-state index is 5.58. The van der Waals surface area contributed by atoms with E-state index in [9.17, 15) is 0 Å². The third kappa shape index (κ3) is 3.21. The van der Waals surface area contributed by atoms with Gasteiger partial charge in [0.2, 0.25) is 0 Å². The van der Waals surface area contributed by atoms with E-state index in [0.29, 0.717) is 17.6 Å². The van der Waals surface area contributed by atoms with Gasteiger partial charge in [-0.2, -0.15) is 0 Å². The van der Waals surface area contributed by atoms with Gasteiger partial charge in [0, 0.05) is 24.9 Å². The van der Waals surface area contributed by atoms with Gasteiger partial charge in [0.15, 0.2) is 5.17 Å². The zero-order valence-electron chi connectivity index (χ0n) is 11.9. The van der Waals surface area contributed by atoms with Crippen molar-refractivity contribution >= 4 is 16.9 Å². The Hall–Kier alpha value is -0.220. The smallest absolute Gasteiger partial charge is 0.156 e. The molecule has 0 radical (unpaired) electrons. The molecule has 4 heteroatoms. The topological polar surface area (TPSA) is 33.6 Å². The molecule has 1 N–H and O–H groups in total. The van der Waals surface area contributed by atoms with Gasteiger partial charge in [-0.25, -0.2) is 0 Å². The highest BCUT2D eigenvalue weighted by Crippen LogP contribution is 2.35. The highest BCUT2D eigenvalue weighted by Gasteiger charge is 2.33. The third-order valence-electron chi connectivity index (χ3n) is 4.40. The molecule has 2 rings (SSSR count). The number of aliphatic imine (C=N–C) groups is 1. The number of nitrogens with one attached hydrogen (secondary N) is 1. The fraction of sp³-hybridized carbons (Fsp3) is 0.929. The van der Waals surface area contributed by atoms with Gasteiger partial charge in [0.1, 0.15) is 0 Å². The van der Waals surface area contributed by atoms with E-state index in [1.54, 1.807) is 0 Å². The fourth-order valence-electron chi connectivity index (χ4n) is 2.55. The molecule has 0 aromatic rings. The molecule has 0 atom stereocenters. The van der Waals surface area contributed by atoms with Crippen LogP contribution in [0.25, 0.3) is 0 Å². The maximum Gasteiger partial charge on any atom is 0.156 e. The Labute approximate surface area is 115 Å². The van der Waals surface area contributed by atoms with Crippen molar-refractivity contribution in [2.24, 2.45) is 10.4 Å². The summed E-state index contributed by atoms with van der Waals surface area (Å²) in [6, 6.07) is 0.587. The molecular weight excluding hydrogens is 244 g/mol. The van der Waals surface area contributed by atoms with Gasteiger partial charge in [-0.1, -0.05) is 25.6 Å². The Morgan fingerprint density at radius 2 is 2.06 bits per heavy atom. The molecule has 0 saturated heterocycles. The molecule has 104 valence electrons. The molecule has 2 aliphatic rings. The summed E-state index contributed by atoms with van der Waals surface area (Å²) in [6.45, 7) is 8.48. The Kier molecular flexibility index (Phi) is 4.96. The van der Waals surface area contributed by atoms with Crippen LogP contribution in [0, 0.1) is 5.41 Å². The number of ether oxygens (including phenoxy) is 1. The minimum Gasteiger partial charge on any atom is -0.378 e. The third-order valence-corrected chi connectivity index (χ3v) is 5.68. The lowest BCUT2D eigenvalue weighted by Gasteiger charge is -2.38. The van der Waals surface area contributed by atoms with E-state index in [1.807, 2.05) is 11.8 Å². The number of amidine groups is 1. The van der Waals surface area contributed by atoms with E-state index in [0.717, 1.165) is 31.2 Å². The Bertz CT molecular complexity index is 296. The zero-order chi connectivity index (χ0) is 13.0. The summed E-state index contributed by atoms with van der Waals surface area (Å²) in [7, 11) is 0. The highest BCUT2D eigenvalue weighted by atomic mass is 32.2. The van der Waals surface area contributed by atoms with Crippen LogP contribution in [0.3, 0.4) is 0 Å². The van der Waals surface area contributed by atoms with Crippen LogP contribution in [-0.2, 0) is 4.74 Å². The first kappa shape index (κ1) is 14.2. The molecule has 0 spiro atoms. The van der Waals surface area contributed by atoms with Crippen molar-refractivity contribution < 1.29 is 4.74 Å². The second-order valence-electron chi connectivity index (χ2n) is 5.51. The molecule has 0 aromatic carbocycles.